The van der Waals surface area contributed by atoms with Gasteiger partial charge in [0, 0.05) is 32.1 Å². The van der Waals surface area contributed by atoms with Crippen LogP contribution in [0.2, 0.25) is 0 Å². The summed E-state index contributed by atoms with van der Waals surface area (Å²) in [7, 11) is 1.69. The molecule has 1 aliphatic carbocycles. The Balaban J connectivity index is 1.55. The summed E-state index contributed by atoms with van der Waals surface area (Å²) in [5.74, 6) is 3.66. The van der Waals surface area contributed by atoms with E-state index in [-0.39, 0.29) is 0 Å². The lowest BCUT2D eigenvalue weighted by atomic mass is 9.87. The Bertz CT molecular complexity index is 777. The van der Waals surface area contributed by atoms with Gasteiger partial charge in [-0.2, -0.15) is 0 Å². The van der Waals surface area contributed by atoms with E-state index in [1.165, 1.54) is 31.2 Å². The van der Waals surface area contributed by atoms with E-state index >= 15 is 0 Å². The molecule has 1 fully saturated rings. The summed E-state index contributed by atoms with van der Waals surface area (Å²) in [5.41, 5.74) is 1.27. The van der Waals surface area contributed by atoms with Gasteiger partial charge in [0.2, 0.25) is 0 Å². The van der Waals surface area contributed by atoms with Gasteiger partial charge in [-0.3, -0.25) is 4.99 Å². The number of rotatable bonds is 9. The molecule has 0 unspecified atom stereocenters. The number of aryl methyl sites for hydroxylation is 1. The van der Waals surface area contributed by atoms with Crippen molar-refractivity contribution in [3.63, 3.8) is 0 Å². The number of aliphatic imine (C=N–C) groups is 1. The van der Waals surface area contributed by atoms with Crippen LogP contribution in [0, 0.1) is 5.92 Å². The molecule has 0 spiro atoms. The standard InChI is InChI=1S/C23H36N6O/c1-4-22-28-26-17-29(22)16-15-25-23(27-20-9-5-18(2)6-10-20)24-14-13-19-7-11-21(30-3)12-8-19/h7-8,11-12,17-18,20H,4-6,9-10,13-16H2,1-3H3,(H2,24,25,27). The van der Waals surface area contributed by atoms with Crippen LogP contribution in [0.5, 0.6) is 5.75 Å². The summed E-state index contributed by atoms with van der Waals surface area (Å²) in [6.45, 7) is 6.83. The van der Waals surface area contributed by atoms with Crippen LogP contribution < -0.4 is 15.4 Å². The third kappa shape index (κ3) is 6.75. The van der Waals surface area contributed by atoms with E-state index < -0.39 is 0 Å². The van der Waals surface area contributed by atoms with Gasteiger partial charge < -0.3 is 19.9 Å². The van der Waals surface area contributed by atoms with E-state index in [0.29, 0.717) is 6.04 Å². The Kier molecular flexibility index (Phi) is 8.53. The highest BCUT2D eigenvalue weighted by Crippen LogP contribution is 2.23. The Hall–Kier alpha value is -2.57. The molecule has 0 bridgehead atoms. The van der Waals surface area contributed by atoms with Crippen molar-refractivity contribution in [2.24, 2.45) is 10.9 Å². The van der Waals surface area contributed by atoms with Crippen molar-refractivity contribution in [2.75, 3.05) is 20.2 Å². The normalized spacial score (nSPS) is 19.5. The molecule has 2 aromatic rings. The number of hydrogen-bond acceptors (Lipinski definition) is 4. The summed E-state index contributed by atoms with van der Waals surface area (Å²) in [4.78, 5) is 4.86. The molecule has 0 radical (unpaired) electrons. The van der Waals surface area contributed by atoms with Crippen LogP contribution in [-0.2, 0) is 19.4 Å². The van der Waals surface area contributed by atoms with Crippen molar-refractivity contribution in [1.29, 1.82) is 0 Å². The SMILES string of the molecule is CCc1nncn1CCNC(=NCCc1ccc(OC)cc1)NC1CCC(C)CC1. The summed E-state index contributed by atoms with van der Waals surface area (Å²) in [5, 5.41) is 15.4. The van der Waals surface area contributed by atoms with Crippen LogP contribution >= 0.6 is 0 Å². The zero-order chi connectivity index (χ0) is 21.2. The summed E-state index contributed by atoms with van der Waals surface area (Å²) < 4.78 is 7.34. The number of nitrogens with zero attached hydrogens (tertiary/aromatic N) is 4. The molecule has 7 nitrogen and oxygen atoms in total. The zero-order valence-corrected chi connectivity index (χ0v) is 18.6. The fraction of sp³-hybridized carbons (Fsp3) is 0.609. The largest absolute Gasteiger partial charge is 0.497 e. The molecule has 1 aliphatic rings. The van der Waals surface area contributed by atoms with E-state index in [2.05, 4.69) is 51.4 Å². The van der Waals surface area contributed by atoms with Crippen LogP contribution in [-0.4, -0.2) is 47.0 Å². The number of nitrogens with one attached hydrogen (secondary N) is 2. The van der Waals surface area contributed by atoms with Crippen molar-refractivity contribution in [1.82, 2.24) is 25.4 Å². The lowest BCUT2D eigenvalue weighted by molar-refractivity contribution is 0.329. The molecular formula is C23H36N6O. The predicted octanol–water partition coefficient (Wildman–Crippen LogP) is 3.21. The lowest BCUT2D eigenvalue weighted by Gasteiger charge is -2.28. The van der Waals surface area contributed by atoms with Gasteiger partial charge in [0.1, 0.15) is 17.9 Å². The van der Waals surface area contributed by atoms with Crippen molar-refractivity contribution in [3.05, 3.63) is 42.0 Å². The molecule has 0 aliphatic heterocycles. The van der Waals surface area contributed by atoms with Crippen LogP contribution in [0.1, 0.15) is 50.9 Å². The first-order valence-corrected chi connectivity index (χ1v) is 11.2. The highest BCUT2D eigenvalue weighted by Gasteiger charge is 2.19. The zero-order valence-electron chi connectivity index (χ0n) is 18.6. The molecular weight excluding hydrogens is 376 g/mol. The highest BCUT2D eigenvalue weighted by atomic mass is 16.5. The molecule has 2 N–H and O–H groups in total. The number of hydrogen-bond donors (Lipinski definition) is 2. The third-order valence-corrected chi connectivity index (χ3v) is 5.84. The summed E-state index contributed by atoms with van der Waals surface area (Å²) >= 11 is 0. The van der Waals surface area contributed by atoms with Crippen molar-refractivity contribution in [2.45, 2.75) is 65.0 Å². The number of methoxy groups -OCH3 is 1. The molecule has 1 heterocycles. The first-order chi connectivity index (χ1) is 14.7. The summed E-state index contributed by atoms with van der Waals surface area (Å²) in [6, 6.07) is 8.73. The van der Waals surface area contributed by atoms with E-state index in [9.17, 15) is 0 Å². The first kappa shape index (κ1) is 22.1. The van der Waals surface area contributed by atoms with Crippen LogP contribution in [0.3, 0.4) is 0 Å². The molecule has 1 aromatic carbocycles. The van der Waals surface area contributed by atoms with E-state index in [0.717, 1.165) is 55.9 Å². The number of guanidine groups is 1. The maximum Gasteiger partial charge on any atom is 0.191 e. The van der Waals surface area contributed by atoms with Gasteiger partial charge in [-0.15, -0.1) is 10.2 Å². The van der Waals surface area contributed by atoms with E-state index in [4.69, 9.17) is 9.73 Å². The van der Waals surface area contributed by atoms with Gasteiger partial charge in [-0.05, 0) is 55.7 Å². The van der Waals surface area contributed by atoms with Gasteiger partial charge >= 0.3 is 0 Å². The molecule has 1 saturated carbocycles. The number of aromatic nitrogens is 3. The van der Waals surface area contributed by atoms with Crippen LogP contribution in [0.4, 0.5) is 0 Å². The number of ether oxygens (including phenoxy) is 1. The van der Waals surface area contributed by atoms with Gasteiger partial charge in [0.05, 0.1) is 7.11 Å². The van der Waals surface area contributed by atoms with Gasteiger partial charge in [0.25, 0.3) is 0 Å². The minimum atomic E-state index is 0.509. The second kappa shape index (κ2) is 11.6. The smallest absolute Gasteiger partial charge is 0.191 e. The molecule has 1 aromatic heterocycles. The Morgan fingerprint density at radius 2 is 1.97 bits per heavy atom. The average molecular weight is 413 g/mol. The Morgan fingerprint density at radius 1 is 1.20 bits per heavy atom. The van der Waals surface area contributed by atoms with Gasteiger partial charge in [-0.25, -0.2) is 0 Å². The molecule has 3 rings (SSSR count). The topological polar surface area (TPSA) is 76.4 Å². The molecule has 164 valence electrons. The Labute approximate surface area is 180 Å². The molecule has 0 amide bonds. The van der Waals surface area contributed by atoms with Gasteiger partial charge in [-0.1, -0.05) is 26.0 Å². The van der Waals surface area contributed by atoms with Gasteiger partial charge in [0.15, 0.2) is 5.96 Å². The Morgan fingerprint density at radius 3 is 2.67 bits per heavy atom. The molecule has 7 heteroatoms. The van der Waals surface area contributed by atoms with Crippen molar-refractivity contribution < 1.29 is 4.74 Å². The quantitative estimate of drug-likeness (QED) is 0.489. The number of benzene rings is 1. The monoisotopic (exact) mass is 412 g/mol. The van der Waals surface area contributed by atoms with Crippen molar-refractivity contribution in [3.8, 4) is 5.75 Å². The molecule has 30 heavy (non-hydrogen) atoms. The van der Waals surface area contributed by atoms with Crippen molar-refractivity contribution >= 4 is 5.96 Å². The predicted molar refractivity (Wildman–Crippen MR) is 121 cm³/mol. The maximum atomic E-state index is 5.24. The van der Waals surface area contributed by atoms with Crippen LogP contribution in [0.15, 0.2) is 35.6 Å². The van der Waals surface area contributed by atoms with E-state index in [1.807, 2.05) is 12.1 Å². The third-order valence-electron chi connectivity index (χ3n) is 5.84. The molecule has 0 saturated heterocycles. The minimum Gasteiger partial charge on any atom is -0.497 e. The summed E-state index contributed by atoms with van der Waals surface area (Å²) in [6.07, 6.45) is 8.61. The van der Waals surface area contributed by atoms with E-state index in [1.54, 1.807) is 13.4 Å². The fourth-order valence-electron chi connectivity index (χ4n) is 3.87. The fourth-order valence-corrected chi connectivity index (χ4v) is 3.87. The highest BCUT2D eigenvalue weighted by molar-refractivity contribution is 5.80. The second-order valence-electron chi connectivity index (χ2n) is 8.15. The second-order valence-corrected chi connectivity index (χ2v) is 8.15. The molecule has 0 atom stereocenters. The maximum absolute atomic E-state index is 5.24. The first-order valence-electron chi connectivity index (χ1n) is 11.2. The van der Waals surface area contributed by atoms with Crippen LogP contribution in [0.25, 0.3) is 0 Å². The average Bonchev–Trinajstić information content (AvgIpc) is 3.23. The lowest BCUT2D eigenvalue weighted by Crippen LogP contribution is -2.45. The minimum absolute atomic E-state index is 0.509.